The lowest BCUT2D eigenvalue weighted by Gasteiger charge is -2.37. The molecule has 10 rings (SSSR count). The van der Waals surface area contributed by atoms with Crippen molar-refractivity contribution in [1.82, 2.24) is 15.1 Å². The second-order valence-corrected chi connectivity index (χ2v) is 17.8. The highest BCUT2D eigenvalue weighted by Crippen LogP contribution is 2.48. The van der Waals surface area contributed by atoms with E-state index in [0.29, 0.717) is 28.7 Å². The summed E-state index contributed by atoms with van der Waals surface area (Å²) in [5.74, 6) is -0.203. The summed E-state index contributed by atoms with van der Waals surface area (Å²) < 4.78 is 0. The molecular formula is C48H51N5O5. The highest BCUT2D eigenvalue weighted by atomic mass is 16.3. The van der Waals surface area contributed by atoms with E-state index in [1.165, 1.54) is 40.8 Å². The van der Waals surface area contributed by atoms with Gasteiger partial charge in [-0.25, -0.2) is 0 Å². The fraction of sp³-hybridized carbons (Fsp3) is 0.417. The molecule has 4 saturated heterocycles. The quantitative estimate of drug-likeness (QED) is 0.206. The van der Waals surface area contributed by atoms with Gasteiger partial charge in [0.2, 0.25) is 11.8 Å². The molecule has 58 heavy (non-hydrogen) atoms. The number of fused-ring (bicyclic) bond motifs is 2. The molecule has 4 amide bonds. The maximum Gasteiger partial charge on any atom is 0.262 e. The number of carbonyl (C=O) groups excluding carboxylic acids is 4. The van der Waals surface area contributed by atoms with Gasteiger partial charge in [-0.15, -0.1) is 0 Å². The van der Waals surface area contributed by atoms with E-state index in [9.17, 15) is 24.3 Å². The molecule has 5 heterocycles. The molecule has 0 radical (unpaired) electrons. The Labute approximate surface area is 339 Å². The molecule has 6 aliphatic rings. The summed E-state index contributed by atoms with van der Waals surface area (Å²) >= 11 is 0. The van der Waals surface area contributed by atoms with E-state index in [-0.39, 0.29) is 30.1 Å². The Bertz CT molecular complexity index is 2270. The van der Waals surface area contributed by atoms with Crippen LogP contribution in [0.15, 0.2) is 91.0 Å². The third-order valence-corrected chi connectivity index (χ3v) is 14.3. The summed E-state index contributed by atoms with van der Waals surface area (Å²) in [5, 5.41) is 12.5. The first-order chi connectivity index (χ1) is 28.2. The highest BCUT2D eigenvalue weighted by Gasteiger charge is 2.47. The molecular weight excluding hydrogens is 727 g/mol. The molecule has 10 nitrogen and oxygen atoms in total. The Morgan fingerprint density at radius 3 is 2.22 bits per heavy atom. The van der Waals surface area contributed by atoms with Crippen molar-refractivity contribution >= 4 is 35.0 Å². The summed E-state index contributed by atoms with van der Waals surface area (Å²) in [6.07, 6.45) is 6.94. The van der Waals surface area contributed by atoms with Gasteiger partial charge in [0.15, 0.2) is 0 Å². The summed E-state index contributed by atoms with van der Waals surface area (Å²) in [6.45, 7) is 7.30. The third kappa shape index (κ3) is 6.65. The number of phenolic OH excluding ortho intramolecular Hbond substituents is 1. The predicted octanol–water partition coefficient (Wildman–Crippen LogP) is 6.47. The van der Waals surface area contributed by atoms with E-state index in [1.54, 1.807) is 6.07 Å². The number of carbonyl (C=O) groups is 4. The zero-order valence-corrected chi connectivity index (χ0v) is 32.9. The Hall–Kier alpha value is -5.48. The molecule has 4 aromatic rings. The largest absolute Gasteiger partial charge is 0.508 e. The van der Waals surface area contributed by atoms with E-state index >= 15 is 0 Å². The zero-order valence-electron chi connectivity index (χ0n) is 32.9. The minimum Gasteiger partial charge on any atom is -0.508 e. The normalized spacial score (nSPS) is 26.4. The second kappa shape index (κ2) is 14.7. The first-order valence-corrected chi connectivity index (χ1v) is 21.3. The van der Waals surface area contributed by atoms with Gasteiger partial charge in [-0.3, -0.25) is 29.4 Å². The summed E-state index contributed by atoms with van der Waals surface area (Å²) in [7, 11) is 0. The number of piperidine rings is 2. The van der Waals surface area contributed by atoms with E-state index in [0.717, 1.165) is 82.1 Å². The van der Waals surface area contributed by atoms with Gasteiger partial charge in [-0.05, 0) is 128 Å². The number of aromatic hydroxyl groups is 1. The van der Waals surface area contributed by atoms with Crippen LogP contribution in [0, 0.1) is 11.3 Å². The van der Waals surface area contributed by atoms with Crippen LogP contribution in [0.1, 0.15) is 99.8 Å². The number of benzene rings is 4. The predicted molar refractivity (Wildman–Crippen MR) is 222 cm³/mol. The molecule has 0 aromatic heterocycles. The van der Waals surface area contributed by atoms with Gasteiger partial charge in [0.05, 0.1) is 11.1 Å². The number of amides is 4. The fourth-order valence-corrected chi connectivity index (χ4v) is 11.2. The van der Waals surface area contributed by atoms with Crippen molar-refractivity contribution < 1.29 is 24.3 Å². The maximum absolute atomic E-state index is 13.5. The number of imide groups is 2. The summed E-state index contributed by atoms with van der Waals surface area (Å²) in [6, 6.07) is 30.7. The Morgan fingerprint density at radius 1 is 0.672 bits per heavy atom. The smallest absolute Gasteiger partial charge is 0.262 e. The average molecular weight is 778 g/mol. The van der Waals surface area contributed by atoms with Crippen molar-refractivity contribution in [2.75, 3.05) is 55.6 Å². The standard InChI is InChI=1S/C48H51N5O5/c54-37-12-15-39-34(26-37)8-13-38(32-4-2-1-3-5-32)44(39)33-6-9-35(10-7-33)51-22-18-31(19-23-51)28-50-24-20-48(29-50)21-25-52(30-48)36-11-14-40-41(27-36)47(58)53(46(40)57)42-16-17-43(55)49-45(42)56/h1-7,9-12,14-15,26-27,31,38,42,44,54H,8,13,16-25,28-30H2,(H,49,55,56)/t38-,42?,44+,48?/m1/s1. The highest BCUT2D eigenvalue weighted by molar-refractivity contribution is 6.23. The van der Waals surface area contributed by atoms with Crippen LogP contribution >= 0.6 is 0 Å². The van der Waals surface area contributed by atoms with Crippen molar-refractivity contribution in [2.24, 2.45) is 11.3 Å². The molecule has 10 heteroatoms. The van der Waals surface area contributed by atoms with Crippen LogP contribution in [0.3, 0.4) is 0 Å². The van der Waals surface area contributed by atoms with E-state index in [4.69, 9.17) is 0 Å². The van der Waals surface area contributed by atoms with Gasteiger partial charge in [0.1, 0.15) is 11.8 Å². The number of phenols is 1. The molecule has 0 saturated carbocycles. The van der Waals surface area contributed by atoms with E-state index in [1.807, 2.05) is 24.3 Å². The molecule has 0 bridgehead atoms. The van der Waals surface area contributed by atoms with Crippen molar-refractivity contribution in [1.29, 1.82) is 0 Å². The van der Waals surface area contributed by atoms with Crippen LogP contribution < -0.4 is 15.1 Å². The number of hydrogen-bond acceptors (Lipinski definition) is 8. The molecule has 5 aliphatic heterocycles. The van der Waals surface area contributed by atoms with Crippen molar-refractivity contribution in [3.8, 4) is 5.75 Å². The maximum atomic E-state index is 13.5. The number of nitrogens with zero attached hydrogens (tertiary/aromatic N) is 4. The van der Waals surface area contributed by atoms with Gasteiger partial charge in [0.25, 0.3) is 11.8 Å². The van der Waals surface area contributed by atoms with Crippen molar-refractivity contribution in [2.45, 2.75) is 69.2 Å². The first kappa shape index (κ1) is 36.8. The van der Waals surface area contributed by atoms with Gasteiger partial charge in [-0.1, -0.05) is 48.5 Å². The lowest BCUT2D eigenvalue weighted by atomic mass is 9.69. The molecule has 4 aromatic carbocycles. The lowest BCUT2D eigenvalue weighted by molar-refractivity contribution is -0.136. The Balaban J connectivity index is 0.743. The molecule has 4 fully saturated rings. The van der Waals surface area contributed by atoms with E-state index in [2.05, 4.69) is 80.7 Å². The molecule has 4 atom stereocenters. The average Bonchev–Trinajstić information content (AvgIpc) is 3.92. The van der Waals surface area contributed by atoms with Crippen LogP contribution in [0.2, 0.25) is 0 Å². The molecule has 2 unspecified atom stereocenters. The van der Waals surface area contributed by atoms with Gasteiger partial charge in [-0.2, -0.15) is 0 Å². The van der Waals surface area contributed by atoms with Crippen LogP contribution in [0.25, 0.3) is 0 Å². The number of nitrogens with one attached hydrogen (secondary N) is 1. The number of hydrogen-bond donors (Lipinski definition) is 2. The number of anilines is 2. The molecule has 2 N–H and O–H groups in total. The molecule has 1 aliphatic carbocycles. The molecule has 1 spiro atoms. The lowest BCUT2D eigenvalue weighted by Crippen LogP contribution is -2.54. The fourth-order valence-electron chi connectivity index (χ4n) is 11.2. The van der Waals surface area contributed by atoms with Crippen molar-refractivity contribution in [3.63, 3.8) is 0 Å². The van der Waals surface area contributed by atoms with Crippen LogP contribution in [0.5, 0.6) is 5.75 Å². The monoisotopic (exact) mass is 777 g/mol. The zero-order chi connectivity index (χ0) is 39.5. The first-order valence-electron chi connectivity index (χ1n) is 21.3. The van der Waals surface area contributed by atoms with Gasteiger partial charge >= 0.3 is 0 Å². The minimum atomic E-state index is -0.955. The topological polar surface area (TPSA) is 114 Å². The van der Waals surface area contributed by atoms with Crippen LogP contribution in [-0.2, 0) is 16.0 Å². The number of aryl methyl sites for hydroxylation is 1. The Morgan fingerprint density at radius 2 is 1.43 bits per heavy atom. The molecule has 298 valence electrons. The van der Waals surface area contributed by atoms with Gasteiger partial charge in [0, 0.05) is 68.4 Å². The Kier molecular flexibility index (Phi) is 9.35. The van der Waals surface area contributed by atoms with Crippen LogP contribution in [0.4, 0.5) is 11.4 Å². The summed E-state index contributed by atoms with van der Waals surface area (Å²) in [5.41, 5.74) is 8.44. The SMILES string of the molecule is O=C1CCC(N2C(=O)c3ccc(N4CCC5(CCN(CC6CCN(c7ccc([C@@H]8c9ccc(O)cc9CC[C@@H]8c8ccccc8)cc7)CC6)C5)C4)cc3C2=O)C(=O)N1. The second-order valence-electron chi connectivity index (χ2n) is 17.8. The van der Waals surface area contributed by atoms with Gasteiger partial charge < -0.3 is 19.8 Å². The summed E-state index contributed by atoms with van der Waals surface area (Å²) in [4.78, 5) is 59.5. The van der Waals surface area contributed by atoms with E-state index < -0.39 is 23.8 Å². The van der Waals surface area contributed by atoms with Crippen molar-refractivity contribution in [3.05, 3.63) is 124 Å². The minimum absolute atomic E-state index is 0.109. The number of likely N-dealkylation sites (tertiary alicyclic amines) is 1. The van der Waals surface area contributed by atoms with Crippen LogP contribution in [-0.4, -0.2) is 90.4 Å². The number of rotatable bonds is 7. The third-order valence-electron chi connectivity index (χ3n) is 14.3.